The van der Waals surface area contributed by atoms with Gasteiger partial charge in [-0.05, 0) is 62.2 Å². The fraction of sp³-hybridized carbons (Fsp3) is 0.792. The van der Waals surface area contributed by atoms with Crippen LogP contribution in [-0.2, 0) is 0 Å². The van der Waals surface area contributed by atoms with Gasteiger partial charge in [0, 0.05) is 6.08 Å². The van der Waals surface area contributed by atoms with Crippen LogP contribution < -0.4 is 0 Å². The van der Waals surface area contributed by atoms with E-state index in [1.54, 1.807) is 6.08 Å². The average Bonchev–Trinajstić information content (AvgIpc) is 2.66. The van der Waals surface area contributed by atoms with Crippen LogP contribution in [0.25, 0.3) is 0 Å². The monoisotopic (exact) mass is 341 g/mol. The number of hydrogen-bond donors (Lipinski definition) is 0. The molecule has 0 aliphatic heterocycles. The minimum absolute atomic E-state index is 0.950. The lowest BCUT2D eigenvalue weighted by molar-refractivity contribution is 0.140. The highest BCUT2D eigenvalue weighted by atomic mass is 14.4. The molecule has 0 amide bonds. The van der Waals surface area contributed by atoms with Crippen LogP contribution in [0.15, 0.2) is 24.3 Å². The van der Waals surface area contributed by atoms with E-state index in [0.717, 1.165) is 23.7 Å². The summed E-state index contributed by atoms with van der Waals surface area (Å²) in [4.78, 5) is 0. The molecule has 0 aromatic heterocycles. The molecule has 0 atom stereocenters. The summed E-state index contributed by atoms with van der Waals surface area (Å²) in [7, 11) is 0. The summed E-state index contributed by atoms with van der Waals surface area (Å²) >= 11 is 0. The van der Waals surface area contributed by atoms with E-state index in [1.165, 1.54) is 89.9 Å². The molecule has 140 valence electrons. The van der Waals surface area contributed by atoms with E-state index in [-0.39, 0.29) is 0 Å². The Labute approximate surface area is 156 Å². The molecule has 0 heterocycles. The summed E-state index contributed by atoms with van der Waals surface area (Å²) in [6, 6.07) is 2.03. The van der Waals surface area contributed by atoms with Crippen molar-refractivity contribution in [3.63, 3.8) is 0 Å². The molecule has 0 aromatic rings. The average molecular weight is 342 g/mol. The molecule has 0 saturated heterocycles. The van der Waals surface area contributed by atoms with E-state index in [2.05, 4.69) is 13.0 Å². The fourth-order valence-electron chi connectivity index (χ4n) is 5.18. The fourth-order valence-corrected chi connectivity index (χ4v) is 5.18. The van der Waals surface area contributed by atoms with Crippen molar-refractivity contribution in [1.82, 2.24) is 0 Å². The second-order valence-electron chi connectivity index (χ2n) is 8.55. The van der Waals surface area contributed by atoms with E-state index in [9.17, 15) is 0 Å². The normalized spacial score (nSPS) is 30.7. The van der Waals surface area contributed by atoms with E-state index in [1.807, 2.05) is 18.2 Å². The van der Waals surface area contributed by atoms with Crippen LogP contribution in [0.4, 0.5) is 0 Å². The Morgan fingerprint density at radius 2 is 1.40 bits per heavy atom. The zero-order chi connectivity index (χ0) is 17.7. The van der Waals surface area contributed by atoms with Crippen LogP contribution in [0, 0.1) is 35.0 Å². The Hall–Kier alpha value is -1.03. The Bertz CT molecular complexity index is 426. The summed E-state index contributed by atoms with van der Waals surface area (Å²) in [6.07, 6.45) is 27.9. The van der Waals surface area contributed by atoms with Crippen LogP contribution in [0.1, 0.15) is 96.8 Å². The predicted octanol–water partition coefficient (Wildman–Crippen LogP) is 7.60. The Morgan fingerprint density at radius 1 is 0.800 bits per heavy atom. The molecule has 2 aliphatic rings. The standard InChI is InChI=1S/C24H39N/c1-2-3-7-10-21-12-16-23(17-13-21)24-18-14-22(15-19-24)11-8-5-4-6-9-20-25/h4-6,9,21-24H,2-3,7-8,10-19H2,1H3/t21-,22?,23-,24?. The molecule has 2 saturated carbocycles. The minimum atomic E-state index is 0.950. The second kappa shape index (κ2) is 12.3. The number of hydrogen-bond acceptors (Lipinski definition) is 1. The maximum atomic E-state index is 8.45. The van der Waals surface area contributed by atoms with Crippen LogP contribution in [0.5, 0.6) is 0 Å². The van der Waals surface area contributed by atoms with Crippen LogP contribution in [0.2, 0.25) is 0 Å². The van der Waals surface area contributed by atoms with Gasteiger partial charge in [0.25, 0.3) is 0 Å². The van der Waals surface area contributed by atoms with Gasteiger partial charge in [0.05, 0.1) is 6.07 Å². The molecule has 1 nitrogen and oxygen atoms in total. The Balaban J connectivity index is 1.57. The lowest BCUT2D eigenvalue weighted by atomic mass is 9.68. The highest BCUT2D eigenvalue weighted by molar-refractivity contribution is 5.11. The lowest BCUT2D eigenvalue weighted by Crippen LogP contribution is -2.25. The van der Waals surface area contributed by atoms with E-state index >= 15 is 0 Å². The van der Waals surface area contributed by atoms with Crippen LogP contribution >= 0.6 is 0 Å². The maximum Gasteiger partial charge on any atom is 0.0912 e. The first-order valence-electron chi connectivity index (χ1n) is 11.0. The largest absolute Gasteiger partial charge is 0.193 e. The summed E-state index contributed by atoms with van der Waals surface area (Å²) in [5, 5.41) is 8.45. The third-order valence-electron chi connectivity index (χ3n) is 6.82. The van der Waals surface area contributed by atoms with Crippen molar-refractivity contribution < 1.29 is 0 Å². The molecule has 0 bridgehead atoms. The lowest BCUT2D eigenvalue weighted by Gasteiger charge is -2.38. The first-order chi connectivity index (χ1) is 12.3. The highest BCUT2D eigenvalue weighted by Gasteiger charge is 2.30. The number of nitrogens with zero attached hydrogens (tertiary/aromatic N) is 1. The third kappa shape index (κ3) is 7.81. The van der Waals surface area contributed by atoms with Crippen molar-refractivity contribution in [1.29, 1.82) is 5.26 Å². The summed E-state index contributed by atoms with van der Waals surface area (Å²) in [6.45, 7) is 2.31. The van der Waals surface area contributed by atoms with Crippen molar-refractivity contribution in [2.75, 3.05) is 0 Å². The Morgan fingerprint density at radius 3 is 1.96 bits per heavy atom. The van der Waals surface area contributed by atoms with Gasteiger partial charge in [-0.3, -0.25) is 0 Å². The van der Waals surface area contributed by atoms with Gasteiger partial charge in [-0.25, -0.2) is 0 Å². The number of rotatable bonds is 9. The first kappa shape index (κ1) is 20.3. The number of allylic oxidation sites excluding steroid dienone is 4. The maximum absolute atomic E-state index is 8.45. The molecule has 0 spiro atoms. The smallest absolute Gasteiger partial charge is 0.0912 e. The van der Waals surface area contributed by atoms with Gasteiger partial charge in [-0.1, -0.05) is 76.5 Å². The molecular weight excluding hydrogens is 302 g/mol. The third-order valence-corrected chi connectivity index (χ3v) is 6.82. The van der Waals surface area contributed by atoms with Crippen LogP contribution in [0.3, 0.4) is 0 Å². The van der Waals surface area contributed by atoms with Gasteiger partial charge in [0.15, 0.2) is 0 Å². The topological polar surface area (TPSA) is 23.8 Å². The summed E-state index contributed by atoms with van der Waals surface area (Å²) in [5.74, 6) is 4.11. The van der Waals surface area contributed by atoms with Gasteiger partial charge in [0.2, 0.25) is 0 Å². The summed E-state index contributed by atoms with van der Waals surface area (Å²) < 4.78 is 0. The van der Waals surface area contributed by atoms with E-state index in [4.69, 9.17) is 5.26 Å². The van der Waals surface area contributed by atoms with Crippen molar-refractivity contribution in [2.24, 2.45) is 23.7 Å². The molecule has 0 radical (unpaired) electrons. The van der Waals surface area contributed by atoms with Gasteiger partial charge in [-0.2, -0.15) is 5.26 Å². The molecule has 25 heavy (non-hydrogen) atoms. The molecule has 2 aliphatic carbocycles. The minimum Gasteiger partial charge on any atom is -0.193 e. The van der Waals surface area contributed by atoms with Gasteiger partial charge in [0.1, 0.15) is 0 Å². The molecule has 0 N–H and O–H groups in total. The predicted molar refractivity (Wildman–Crippen MR) is 108 cm³/mol. The quantitative estimate of drug-likeness (QED) is 0.241. The Kier molecular flexibility index (Phi) is 10.0. The zero-order valence-corrected chi connectivity index (χ0v) is 16.5. The van der Waals surface area contributed by atoms with Crippen molar-refractivity contribution in [3.05, 3.63) is 24.3 Å². The van der Waals surface area contributed by atoms with Crippen molar-refractivity contribution in [2.45, 2.75) is 96.8 Å². The van der Waals surface area contributed by atoms with Crippen LogP contribution in [-0.4, -0.2) is 0 Å². The van der Waals surface area contributed by atoms with Gasteiger partial charge < -0.3 is 0 Å². The summed E-state index contributed by atoms with van der Waals surface area (Å²) in [5.41, 5.74) is 0. The van der Waals surface area contributed by atoms with E-state index in [0.29, 0.717) is 0 Å². The first-order valence-corrected chi connectivity index (χ1v) is 11.0. The molecule has 2 fully saturated rings. The van der Waals surface area contributed by atoms with Gasteiger partial charge >= 0.3 is 0 Å². The number of unbranched alkanes of at least 4 members (excludes halogenated alkanes) is 2. The molecule has 0 unspecified atom stereocenters. The zero-order valence-electron chi connectivity index (χ0n) is 16.5. The highest BCUT2D eigenvalue weighted by Crippen LogP contribution is 2.43. The van der Waals surface area contributed by atoms with Crippen molar-refractivity contribution in [3.8, 4) is 6.07 Å². The molecule has 2 rings (SSSR count). The molecular formula is C24H39N. The second-order valence-corrected chi connectivity index (χ2v) is 8.55. The van der Waals surface area contributed by atoms with Gasteiger partial charge in [-0.15, -0.1) is 0 Å². The molecule has 0 aromatic carbocycles. The number of nitriles is 1. The SMILES string of the molecule is CCCCC[C@H]1CC[C@H](C2CCC(CCC=CC=CC#N)CC2)CC1. The van der Waals surface area contributed by atoms with E-state index < -0.39 is 0 Å². The molecule has 1 heteroatoms. The van der Waals surface area contributed by atoms with Crippen molar-refractivity contribution >= 4 is 0 Å².